The Morgan fingerprint density at radius 2 is 1.40 bits per heavy atom. The summed E-state index contributed by atoms with van der Waals surface area (Å²) in [4.78, 5) is 0. The molecule has 0 saturated carbocycles. The van der Waals surface area contributed by atoms with Crippen molar-refractivity contribution in [3.8, 4) is 5.75 Å². The lowest BCUT2D eigenvalue weighted by Crippen LogP contribution is -2.19. The van der Waals surface area contributed by atoms with Gasteiger partial charge in [-0.15, -0.1) is 0 Å². The van der Waals surface area contributed by atoms with Crippen molar-refractivity contribution in [2.24, 2.45) is 0 Å². The number of hydrogen-bond donors (Lipinski definition) is 1. The average Bonchev–Trinajstić information content (AvgIpc) is 2.52. The fourth-order valence-electron chi connectivity index (χ4n) is 2.12. The Balaban J connectivity index is 1.90. The van der Waals surface area contributed by atoms with Gasteiger partial charge in [-0.05, 0) is 29.3 Å². The third kappa shape index (κ3) is 6.66. The lowest BCUT2D eigenvalue weighted by atomic mass is 10.1. The molecule has 0 bridgehead atoms. The molecular weight excluding hydrogens is 348 g/mol. The Hall–Kier alpha value is -2.22. The van der Waals surface area contributed by atoms with Crippen LogP contribution in [0.3, 0.4) is 0 Å². The van der Waals surface area contributed by atoms with Crippen LogP contribution in [0.1, 0.15) is 16.7 Å². The molecule has 0 spiro atoms. The van der Waals surface area contributed by atoms with Gasteiger partial charge in [-0.3, -0.25) is 0 Å². The van der Waals surface area contributed by atoms with Crippen molar-refractivity contribution in [1.29, 1.82) is 0 Å². The maximum absolute atomic E-state index is 12.6. The zero-order chi connectivity index (χ0) is 18.5. The Kier molecular flexibility index (Phi) is 5.94. The summed E-state index contributed by atoms with van der Waals surface area (Å²) >= 11 is 0. The van der Waals surface area contributed by atoms with Crippen molar-refractivity contribution < 1.29 is 31.1 Å². The van der Waals surface area contributed by atoms with Crippen LogP contribution in [0, 0.1) is 0 Å². The molecule has 0 heterocycles. The van der Waals surface area contributed by atoms with Crippen LogP contribution in [0.5, 0.6) is 5.75 Å². The van der Waals surface area contributed by atoms with E-state index in [-0.39, 0.29) is 18.8 Å². The molecule has 0 unspecified atom stereocenters. The van der Waals surface area contributed by atoms with Crippen molar-refractivity contribution in [2.75, 3.05) is 6.61 Å². The van der Waals surface area contributed by atoms with Crippen molar-refractivity contribution in [3.05, 3.63) is 65.2 Å². The van der Waals surface area contributed by atoms with Crippen LogP contribution < -0.4 is 10.1 Å². The first-order chi connectivity index (χ1) is 11.6. The number of ether oxygens (including phenoxy) is 1. The van der Waals surface area contributed by atoms with E-state index in [1.165, 1.54) is 18.2 Å². The molecule has 0 aliphatic heterocycles. The normalized spacial score (nSPS) is 12.2. The van der Waals surface area contributed by atoms with Gasteiger partial charge in [0.2, 0.25) is 0 Å². The van der Waals surface area contributed by atoms with Gasteiger partial charge in [0.1, 0.15) is 5.75 Å². The molecule has 0 saturated heterocycles. The van der Waals surface area contributed by atoms with Gasteiger partial charge in [0.05, 0.1) is 5.56 Å². The minimum absolute atomic E-state index is 0.0793. The number of rotatable bonds is 6. The number of halogens is 6. The van der Waals surface area contributed by atoms with E-state index in [2.05, 4.69) is 10.1 Å². The van der Waals surface area contributed by atoms with Crippen LogP contribution in [-0.2, 0) is 19.3 Å². The zero-order valence-electron chi connectivity index (χ0n) is 12.9. The molecular formula is C17H15F6NO. The third-order valence-corrected chi connectivity index (χ3v) is 3.21. The molecule has 2 nitrogen and oxygen atoms in total. The summed E-state index contributed by atoms with van der Waals surface area (Å²) in [5.41, 5.74) is 0.389. The van der Waals surface area contributed by atoms with Crippen molar-refractivity contribution in [2.45, 2.75) is 25.4 Å². The highest BCUT2D eigenvalue weighted by Crippen LogP contribution is 2.29. The van der Waals surface area contributed by atoms with Crippen molar-refractivity contribution in [1.82, 2.24) is 5.32 Å². The number of nitrogens with one attached hydrogen (secondary N) is 1. The third-order valence-electron chi connectivity index (χ3n) is 3.21. The molecule has 136 valence electrons. The molecule has 8 heteroatoms. The molecule has 0 aromatic heterocycles. The molecule has 0 radical (unpaired) electrons. The summed E-state index contributed by atoms with van der Waals surface area (Å²) in [6, 6.07) is 11.0. The van der Waals surface area contributed by atoms with Crippen molar-refractivity contribution >= 4 is 0 Å². The van der Waals surface area contributed by atoms with Gasteiger partial charge in [0.25, 0.3) is 0 Å². The Labute approximate surface area is 140 Å². The summed E-state index contributed by atoms with van der Waals surface area (Å²) in [7, 11) is 0. The quantitative estimate of drug-likeness (QED) is 0.735. The van der Waals surface area contributed by atoms with Gasteiger partial charge in [-0.1, -0.05) is 30.3 Å². The molecule has 0 aliphatic rings. The number of hydrogen-bond acceptors (Lipinski definition) is 2. The Morgan fingerprint density at radius 3 is 2.00 bits per heavy atom. The summed E-state index contributed by atoms with van der Waals surface area (Å²) in [5.74, 6) is 0.0793. The topological polar surface area (TPSA) is 21.3 Å². The second-order valence-electron chi connectivity index (χ2n) is 5.35. The fourth-order valence-corrected chi connectivity index (χ4v) is 2.12. The number of alkyl halides is 6. The standard InChI is InChI=1S/C17H15F6NO/c18-16(19,20)11-25-15-6-2-4-13(8-15)10-24-9-12-3-1-5-14(7-12)17(21,22)23/h1-8,24H,9-11H2. The molecule has 2 rings (SSSR count). The second kappa shape index (κ2) is 7.77. The predicted octanol–water partition coefficient (Wildman–Crippen LogP) is 4.94. The van der Waals surface area contributed by atoms with Gasteiger partial charge in [0.15, 0.2) is 6.61 Å². The summed E-state index contributed by atoms with van der Waals surface area (Å²) in [6.07, 6.45) is -8.82. The highest BCUT2D eigenvalue weighted by atomic mass is 19.4. The molecule has 0 aliphatic carbocycles. The van der Waals surface area contributed by atoms with Gasteiger partial charge < -0.3 is 10.1 Å². The van der Waals surface area contributed by atoms with E-state index in [9.17, 15) is 26.3 Å². The predicted molar refractivity (Wildman–Crippen MR) is 80.0 cm³/mol. The van der Waals surface area contributed by atoms with Crippen LogP contribution in [-0.4, -0.2) is 12.8 Å². The first-order valence-electron chi connectivity index (χ1n) is 7.29. The Morgan fingerprint density at radius 1 is 0.800 bits per heavy atom. The molecule has 0 atom stereocenters. The minimum atomic E-state index is -4.42. The van der Waals surface area contributed by atoms with Gasteiger partial charge >= 0.3 is 12.4 Å². The SMILES string of the molecule is FC(F)(F)COc1cccc(CNCc2cccc(C(F)(F)F)c2)c1. The van der Waals surface area contributed by atoms with Gasteiger partial charge in [-0.2, -0.15) is 26.3 Å². The lowest BCUT2D eigenvalue weighted by Gasteiger charge is -2.11. The largest absolute Gasteiger partial charge is 0.484 e. The maximum Gasteiger partial charge on any atom is 0.422 e. The lowest BCUT2D eigenvalue weighted by molar-refractivity contribution is -0.153. The molecule has 0 fully saturated rings. The van der Waals surface area contributed by atoms with Gasteiger partial charge in [0, 0.05) is 13.1 Å². The first kappa shape index (κ1) is 19.1. The van der Waals surface area contributed by atoms with Crippen LogP contribution in [0.25, 0.3) is 0 Å². The molecule has 2 aromatic rings. The monoisotopic (exact) mass is 363 g/mol. The highest BCUT2D eigenvalue weighted by molar-refractivity contribution is 5.29. The number of benzene rings is 2. The Bertz CT molecular complexity index is 696. The highest BCUT2D eigenvalue weighted by Gasteiger charge is 2.30. The molecule has 25 heavy (non-hydrogen) atoms. The molecule has 1 N–H and O–H groups in total. The van der Waals surface area contributed by atoms with Crippen LogP contribution in [0.2, 0.25) is 0 Å². The summed E-state index contributed by atoms with van der Waals surface area (Å²) < 4.78 is 79.0. The maximum atomic E-state index is 12.6. The second-order valence-corrected chi connectivity index (χ2v) is 5.35. The smallest absolute Gasteiger partial charge is 0.422 e. The molecule has 0 amide bonds. The van der Waals surface area contributed by atoms with E-state index >= 15 is 0 Å². The van der Waals surface area contributed by atoms with E-state index in [1.54, 1.807) is 18.2 Å². The van der Waals surface area contributed by atoms with Crippen molar-refractivity contribution in [3.63, 3.8) is 0 Å². The first-order valence-corrected chi connectivity index (χ1v) is 7.29. The van der Waals surface area contributed by atoms with E-state index < -0.39 is 24.5 Å². The van der Waals surface area contributed by atoms with Crippen LogP contribution in [0.15, 0.2) is 48.5 Å². The summed E-state index contributed by atoms with van der Waals surface area (Å²) in [6.45, 7) is -0.912. The minimum Gasteiger partial charge on any atom is -0.484 e. The fraction of sp³-hybridized carbons (Fsp3) is 0.294. The molecule has 2 aromatic carbocycles. The van der Waals surface area contributed by atoms with E-state index in [1.807, 2.05) is 0 Å². The van der Waals surface area contributed by atoms with E-state index in [0.29, 0.717) is 11.1 Å². The van der Waals surface area contributed by atoms with Crippen LogP contribution >= 0.6 is 0 Å². The zero-order valence-corrected chi connectivity index (χ0v) is 12.9. The summed E-state index contributed by atoms with van der Waals surface area (Å²) in [5, 5.41) is 2.95. The van der Waals surface area contributed by atoms with E-state index in [0.717, 1.165) is 12.1 Å². The van der Waals surface area contributed by atoms with Gasteiger partial charge in [-0.25, -0.2) is 0 Å². The van der Waals surface area contributed by atoms with E-state index in [4.69, 9.17) is 0 Å². The van der Waals surface area contributed by atoms with Crippen LogP contribution in [0.4, 0.5) is 26.3 Å². The average molecular weight is 363 g/mol.